The number of carbonyl (C=O) groups excluding carboxylic acids is 1. The van der Waals surface area contributed by atoms with E-state index in [1.165, 1.54) is 12.3 Å². The molecule has 0 radical (unpaired) electrons. The first-order valence-electron chi connectivity index (χ1n) is 6.96. The lowest BCUT2D eigenvalue weighted by molar-refractivity contribution is -0.119. The van der Waals surface area contributed by atoms with Crippen molar-refractivity contribution in [1.82, 2.24) is 14.6 Å². The highest BCUT2D eigenvalue weighted by Gasteiger charge is 2.52. The first kappa shape index (κ1) is 18.8. The van der Waals surface area contributed by atoms with Gasteiger partial charge in [0.2, 0.25) is 6.23 Å². The van der Waals surface area contributed by atoms with E-state index in [-0.39, 0.29) is 19.0 Å². The summed E-state index contributed by atoms with van der Waals surface area (Å²) >= 11 is 0. The minimum absolute atomic E-state index is 0.120. The molecule has 3 atom stereocenters. The van der Waals surface area contributed by atoms with Crippen molar-refractivity contribution in [3.63, 3.8) is 0 Å². The summed E-state index contributed by atoms with van der Waals surface area (Å²) in [5.41, 5.74) is -0.870. The molecule has 2 rings (SSSR count). The van der Waals surface area contributed by atoms with Crippen LogP contribution in [0.15, 0.2) is 17.1 Å². The van der Waals surface area contributed by atoms with E-state index in [0.717, 1.165) is 0 Å². The number of halogens is 2. The zero-order chi connectivity index (χ0) is 17.7. The summed E-state index contributed by atoms with van der Waals surface area (Å²) < 4.78 is 39.1. The van der Waals surface area contributed by atoms with Crippen molar-refractivity contribution in [2.45, 2.75) is 24.7 Å². The molecule has 0 aliphatic carbocycles. The Morgan fingerprint density at radius 1 is 1.67 bits per heavy atom. The van der Waals surface area contributed by atoms with Crippen molar-refractivity contribution in [3.8, 4) is 0 Å². The van der Waals surface area contributed by atoms with Gasteiger partial charge in [0.05, 0.1) is 19.3 Å². The van der Waals surface area contributed by atoms with Crippen molar-refractivity contribution in [3.05, 3.63) is 22.7 Å². The lowest BCUT2D eigenvalue weighted by Crippen LogP contribution is -2.35. The van der Waals surface area contributed by atoms with Gasteiger partial charge in [-0.1, -0.05) is 0 Å². The Balaban J connectivity index is 2.02. The van der Waals surface area contributed by atoms with Crippen LogP contribution in [-0.2, 0) is 14.1 Å². The average molecular weight is 366 g/mol. The normalized spacial score (nSPS) is 23.8. The first-order valence-corrected chi connectivity index (χ1v) is 8.18. The Hall–Kier alpha value is -1.52. The number of carbonyl (C=O) groups is 1. The Morgan fingerprint density at radius 2 is 2.42 bits per heavy atom. The van der Waals surface area contributed by atoms with E-state index in [1.54, 1.807) is 7.05 Å². The van der Waals surface area contributed by atoms with E-state index in [2.05, 4.69) is 15.4 Å². The van der Waals surface area contributed by atoms with Gasteiger partial charge in [-0.15, -0.1) is 0 Å². The number of aldehydes is 1. The fourth-order valence-electron chi connectivity index (χ4n) is 2.15. The van der Waals surface area contributed by atoms with Crippen LogP contribution in [0.3, 0.4) is 0 Å². The van der Waals surface area contributed by atoms with Gasteiger partial charge in [-0.05, 0) is 6.07 Å². The summed E-state index contributed by atoms with van der Waals surface area (Å²) in [6.07, 6.45) is -1.79. The highest BCUT2D eigenvalue weighted by molar-refractivity contribution is 7.43. The van der Waals surface area contributed by atoms with E-state index in [4.69, 9.17) is 9.26 Å². The second-order valence-electron chi connectivity index (χ2n) is 4.93. The third kappa shape index (κ3) is 4.52. The van der Waals surface area contributed by atoms with Crippen molar-refractivity contribution >= 4 is 20.6 Å². The molecule has 3 N–H and O–H groups in total. The predicted octanol–water partition coefficient (Wildman–Crippen LogP) is 0.232. The molecule has 1 saturated heterocycles. The SMILES string of the molecule is CNc1ccn(C2O[C@H](COP(O)NCC=O)CC2(F)F)c(=O)n1. The van der Waals surface area contributed by atoms with Crippen molar-refractivity contribution in [1.29, 1.82) is 0 Å². The van der Waals surface area contributed by atoms with E-state index >= 15 is 0 Å². The molecule has 0 bridgehead atoms. The molecule has 2 heterocycles. The molecule has 0 amide bonds. The molecule has 1 aromatic rings. The van der Waals surface area contributed by atoms with Gasteiger partial charge in [-0.2, -0.15) is 4.98 Å². The number of alkyl halides is 2. The van der Waals surface area contributed by atoms with E-state index in [9.17, 15) is 23.3 Å². The molecule has 1 aliphatic rings. The second-order valence-corrected chi connectivity index (χ2v) is 6.05. The number of anilines is 1. The van der Waals surface area contributed by atoms with Crippen LogP contribution in [0.2, 0.25) is 0 Å². The zero-order valence-corrected chi connectivity index (χ0v) is 13.6. The predicted molar refractivity (Wildman–Crippen MR) is 80.7 cm³/mol. The molecule has 1 fully saturated rings. The Labute approximate surface area is 136 Å². The van der Waals surface area contributed by atoms with Crippen LogP contribution in [0.4, 0.5) is 14.6 Å². The van der Waals surface area contributed by atoms with Gasteiger partial charge < -0.3 is 24.3 Å². The van der Waals surface area contributed by atoms with Crippen LogP contribution in [0.1, 0.15) is 12.6 Å². The van der Waals surface area contributed by atoms with E-state index in [0.29, 0.717) is 10.9 Å². The van der Waals surface area contributed by atoms with Gasteiger partial charge in [0.25, 0.3) is 14.4 Å². The molecular formula is C12H17F2N4O5P. The van der Waals surface area contributed by atoms with Gasteiger partial charge in [0, 0.05) is 19.7 Å². The smallest absolute Gasteiger partial charge is 0.351 e. The number of nitrogens with one attached hydrogen (secondary N) is 2. The fraction of sp³-hybridized carbons (Fsp3) is 0.583. The Morgan fingerprint density at radius 3 is 3.04 bits per heavy atom. The molecule has 1 aromatic heterocycles. The monoisotopic (exact) mass is 366 g/mol. The summed E-state index contributed by atoms with van der Waals surface area (Å²) in [5, 5.41) is 4.99. The topological polar surface area (TPSA) is 115 Å². The molecule has 0 aromatic carbocycles. The lowest BCUT2D eigenvalue weighted by atomic mass is 10.2. The van der Waals surface area contributed by atoms with Crippen molar-refractivity contribution in [2.75, 3.05) is 25.5 Å². The molecule has 134 valence electrons. The first-order chi connectivity index (χ1) is 11.4. The third-order valence-corrected chi connectivity index (χ3v) is 4.06. The summed E-state index contributed by atoms with van der Waals surface area (Å²) in [4.78, 5) is 35.0. The van der Waals surface area contributed by atoms with Crippen molar-refractivity contribution in [2.24, 2.45) is 0 Å². The van der Waals surface area contributed by atoms with E-state index < -0.39 is 38.9 Å². The van der Waals surface area contributed by atoms with Gasteiger partial charge in [0.1, 0.15) is 12.1 Å². The number of hydrogen-bond donors (Lipinski definition) is 3. The minimum Gasteiger partial charge on any atom is -0.373 e. The van der Waals surface area contributed by atoms with Crippen molar-refractivity contribution < 1.29 is 27.7 Å². The zero-order valence-electron chi connectivity index (χ0n) is 12.7. The molecule has 0 saturated carbocycles. The number of ether oxygens (including phenoxy) is 1. The molecule has 24 heavy (non-hydrogen) atoms. The molecule has 0 spiro atoms. The summed E-state index contributed by atoms with van der Waals surface area (Å²) in [7, 11) is -0.563. The molecule has 12 heteroatoms. The number of rotatable bonds is 8. The van der Waals surface area contributed by atoms with Crippen LogP contribution in [-0.4, -0.2) is 53.0 Å². The molecular weight excluding hydrogens is 349 g/mol. The molecule has 9 nitrogen and oxygen atoms in total. The summed E-state index contributed by atoms with van der Waals surface area (Å²) in [6, 6.07) is 1.38. The molecule has 2 unspecified atom stereocenters. The minimum atomic E-state index is -3.30. The number of hydrogen-bond acceptors (Lipinski definition) is 8. The second kappa shape index (κ2) is 8.04. The van der Waals surface area contributed by atoms with Crippen LogP contribution < -0.4 is 16.1 Å². The molecule has 1 aliphatic heterocycles. The maximum absolute atomic E-state index is 14.1. The standard InChI is InChI=1S/C12H17F2N4O5P/c1-15-9-2-4-18(11(20)17-9)10-12(13,14)6-8(23-10)7-22-24(21)16-3-5-19/h2,4-5,8,10,16,21H,3,6-7H2,1H3,(H,15,17,20)/t8-,10?,24?/m0/s1. The van der Waals surface area contributed by atoms with Gasteiger partial charge in [0.15, 0.2) is 0 Å². The van der Waals surface area contributed by atoms with Crippen LogP contribution in [0.5, 0.6) is 0 Å². The Kier molecular flexibility index (Phi) is 6.30. The fourth-order valence-corrected chi connectivity index (χ4v) is 2.78. The summed E-state index contributed by atoms with van der Waals surface area (Å²) in [6.45, 7) is -0.428. The quantitative estimate of drug-likeness (QED) is 0.443. The van der Waals surface area contributed by atoms with Crippen LogP contribution >= 0.6 is 8.53 Å². The number of nitrogens with zero attached hydrogens (tertiary/aromatic N) is 2. The summed E-state index contributed by atoms with van der Waals surface area (Å²) in [5.74, 6) is -3.04. The highest BCUT2D eigenvalue weighted by atomic mass is 31.2. The third-order valence-electron chi connectivity index (χ3n) is 3.21. The van der Waals surface area contributed by atoms with Gasteiger partial charge in [-0.3, -0.25) is 4.57 Å². The Bertz CT molecular complexity index is 632. The largest absolute Gasteiger partial charge is 0.373 e. The highest BCUT2D eigenvalue weighted by Crippen LogP contribution is 2.42. The van der Waals surface area contributed by atoms with Gasteiger partial charge >= 0.3 is 5.69 Å². The van der Waals surface area contributed by atoms with Crippen LogP contribution in [0.25, 0.3) is 0 Å². The van der Waals surface area contributed by atoms with Gasteiger partial charge in [-0.25, -0.2) is 18.7 Å². The lowest BCUT2D eigenvalue weighted by Gasteiger charge is -2.20. The van der Waals surface area contributed by atoms with Crippen LogP contribution in [0, 0.1) is 0 Å². The number of aromatic nitrogens is 2. The van der Waals surface area contributed by atoms with E-state index in [1.807, 2.05) is 0 Å². The maximum atomic E-state index is 14.1. The average Bonchev–Trinajstić information content (AvgIpc) is 2.85. The maximum Gasteiger partial charge on any atom is 0.351 e.